The van der Waals surface area contributed by atoms with Crippen LogP contribution in [0.2, 0.25) is 0 Å². The molecule has 0 spiro atoms. The summed E-state index contributed by atoms with van der Waals surface area (Å²) in [5.74, 6) is -0.134. The molecular formula is C8H15N5O4. The summed E-state index contributed by atoms with van der Waals surface area (Å²) in [5.41, 5.74) is 0. The smallest absolute Gasteiger partial charge is 0.324 e. The Morgan fingerprint density at radius 1 is 1.00 bits per heavy atom. The minimum absolute atomic E-state index is 0. The summed E-state index contributed by atoms with van der Waals surface area (Å²) in [6, 6.07) is -0.310. The highest BCUT2D eigenvalue weighted by Crippen LogP contribution is 1.90. The van der Waals surface area contributed by atoms with Crippen LogP contribution in [-0.2, 0) is 9.59 Å². The molecule has 2 rings (SSSR count). The average Bonchev–Trinajstić information content (AvgIpc) is 2.58. The van der Waals surface area contributed by atoms with Gasteiger partial charge in [-0.25, -0.2) is 4.79 Å². The van der Waals surface area contributed by atoms with E-state index in [2.05, 4.69) is 10.6 Å². The normalized spacial score (nSPS) is 18.2. The fourth-order valence-corrected chi connectivity index (χ4v) is 1.10. The van der Waals surface area contributed by atoms with Crippen molar-refractivity contribution in [3.63, 3.8) is 0 Å². The van der Waals surface area contributed by atoms with E-state index in [0.29, 0.717) is 6.54 Å². The van der Waals surface area contributed by atoms with Crippen molar-refractivity contribution in [1.29, 1.82) is 5.41 Å². The maximum absolute atomic E-state index is 10.4. The molecule has 0 bridgehead atoms. The van der Waals surface area contributed by atoms with Crippen LogP contribution in [0.3, 0.4) is 0 Å². The van der Waals surface area contributed by atoms with Gasteiger partial charge in [-0.3, -0.25) is 25.6 Å². The van der Waals surface area contributed by atoms with Gasteiger partial charge in [-0.1, -0.05) is 0 Å². The van der Waals surface area contributed by atoms with Crippen LogP contribution < -0.4 is 10.6 Å². The van der Waals surface area contributed by atoms with E-state index in [4.69, 9.17) is 5.41 Å². The number of carbonyl (C=O) groups is 3. The third-order valence-electron chi connectivity index (χ3n) is 1.99. The summed E-state index contributed by atoms with van der Waals surface area (Å²) in [7, 11) is 3.26. The Kier molecular flexibility index (Phi) is 5.06. The summed E-state index contributed by atoms with van der Waals surface area (Å²) < 4.78 is 0. The molecule has 0 aromatic carbocycles. The fraction of sp³-hybridized carbons (Fsp3) is 0.500. The van der Waals surface area contributed by atoms with Crippen molar-refractivity contribution in [3.8, 4) is 0 Å². The third kappa shape index (κ3) is 4.07. The van der Waals surface area contributed by atoms with E-state index >= 15 is 0 Å². The predicted octanol–water partition coefficient (Wildman–Crippen LogP) is -2.67. The van der Waals surface area contributed by atoms with E-state index in [1.54, 1.807) is 19.0 Å². The molecule has 0 aromatic rings. The topological polar surface area (TPSA) is 137 Å². The van der Waals surface area contributed by atoms with Crippen LogP contribution in [0.1, 0.15) is 0 Å². The maximum atomic E-state index is 10.4. The van der Waals surface area contributed by atoms with Gasteiger partial charge < -0.3 is 15.3 Å². The molecule has 0 atom stereocenters. The number of hydrogen-bond acceptors (Lipinski definition) is 4. The molecule has 17 heavy (non-hydrogen) atoms. The highest BCUT2D eigenvalue weighted by atomic mass is 16.2. The first-order chi connectivity index (χ1) is 7.40. The van der Waals surface area contributed by atoms with Crippen LogP contribution in [0, 0.1) is 5.41 Å². The number of guanidine groups is 1. The molecule has 2 saturated heterocycles. The Labute approximate surface area is 97.6 Å². The largest absolute Gasteiger partial charge is 0.412 e. The van der Waals surface area contributed by atoms with Crippen LogP contribution in [0.5, 0.6) is 0 Å². The van der Waals surface area contributed by atoms with Crippen LogP contribution in [0.15, 0.2) is 0 Å². The highest BCUT2D eigenvalue weighted by Gasteiger charge is 2.22. The zero-order valence-corrected chi connectivity index (χ0v) is 9.53. The van der Waals surface area contributed by atoms with Crippen molar-refractivity contribution in [1.82, 2.24) is 20.4 Å². The van der Waals surface area contributed by atoms with Gasteiger partial charge in [0.2, 0.25) is 11.8 Å². The predicted molar refractivity (Wildman–Crippen MR) is 58.3 cm³/mol. The number of amides is 4. The summed E-state index contributed by atoms with van der Waals surface area (Å²) >= 11 is 0. The van der Waals surface area contributed by atoms with E-state index in [1.165, 1.54) is 4.90 Å². The second kappa shape index (κ2) is 5.80. The molecule has 9 nitrogen and oxygen atoms in total. The van der Waals surface area contributed by atoms with Gasteiger partial charge in [0.1, 0.15) is 6.54 Å². The molecule has 5 N–H and O–H groups in total. The number of rotatable bonds is 0. The minimum atomic E-state index is -0.310. The highest BCUT2D eigenvalue weighted by molar-refractivity contribution is 6.02. The summed E-state index contributed by atoms with van der Waals surface area (Å²) in [5, 5.41) is 11.4. The molecule has 4 amide bonds. The maximum Gasteiger partial charge on any atom is 0.324 e. The number of nitrogens with zero attached hydrogens (tertiary/aromatic N) is 2. The number of carbonyl (C=O) groups excluding carboxylic acids is 3. The number of likely N-dealkylation sites (N-methyl/N-ethyl adjacent to an activating group) is 2. The summed E-state index contributed by atoms with van der Waals surface area (Å²) in [6.45, 7) is 0.512. The molecule has 2 aliphatic heterocycles. The number of nitrogens with one attached hydrogen (secondary N) is 3. The zero-order chi connectivity index (χ0) is 12.3. The molecule has 0 aromatic heterocycles. The van der Waals surface area contributed by atoms with Crippen molar-refractivity contribution in [2.45, 2.75) is 0 Å². The minimum Gasteiger partial charge on any atom is -0.412 e. The lowest BCUT2D eigenvalue weighted by molar-refractivity contribution is -0.119. The zero-order valence-electron chi connectivity index (χ0n) is 9.53. The Morgan fingerprint density at radius 2 is 1.47 bits per heavy atom. The van der Waals surface area contributed by atoms with Gasteiger partial charge in [0.05, 0.1) is 6.54 Å². The lowest BCUT2D eigenvalue weighted by Crippen LogP contribution is -2.25. The van der Waals surface area contributed by atoms with E-state index in [1.807, 2.05) is 0 Å². The van der Waals surface area contributed by atoms with Crippen molar-refractivity contribution < 1.29 is 19.9 Å². The van der Waals surface area contributed by atoms with Gasteiger partial charge >= 0.3 is 6.03 Å². The van der Waals surface area contributed by atoms with E-state index in [-0.39, 0.29) is 35.8 Å². The van der Waals surface area contributed by atoms with Gasteiger partial charge in [0, 0.05) is 14.1 Å². The van der Waals surface area contributed by atoms with Gasteiger partial charge in [-0.15, -0.1) is 0 Å². The molecule has 2 heterocycles. The molecule has 9 heteroatoms. The molecule has 0 radical (unpaired) electrons. The Balaban J connectivity index is 0.000000284. The Bertz CT molecular complexity index is 322. The van der Waals surface area contributed by atoms with Crippen LogP contribution in [0.4, 0.5) is 4.79 Å². The lowest BCUT2D eigenvalue weighted by Gasteiger charge is -2.03. The molecule has 0 aliphatic carbocycles. The molecule has 2 fully saturated rings. The van der Waals surface area contributed by atoms with Crippen LogP contribution >= 0.6 is 0 Å². The van der Waals surface area contributed by atoms with E-state index < -0.39 is 0 Å². The molecule has 0 unspecified atom stereocenters. The quantitative estimate of drug-likeness (QED) is 0.400. The van der Waals surface area contributed by atoms with Crippen LogP contribution in [-0.4, -0.2) is 66.3 Å². The number of hydrogen-bond donors (Lipinski definition) is 3. The Hall–Kier alpha value is -2.16. The monoisotopic (exact) mass is 245 g/mol. The number of urea groups is 1. The van der Waals surface area contributed by atoms with Gasteiger partial charge in [-0.2, -0.15) is 0 Å². The van der Waals surface area contributed by atoms with E-state index in [9.17, 15) is 14.4 Å². The first kappa shape index (κ1) is 14.8. The summed E-state index contributed by atoms with van der Waals surface area (Å²) in [4.78, 5) is 33.9. The molecular weight excluding hydrogens is 230 g/mol. The average molecular weight is 245 g/mol. The second-order valence-electron chi connectivity index (χ2n) is 3.46. The molecule has 96 valence electrons. The van der Waals surface area contributed by atoms with Crippen molar-refractivity contribution >= 4 is 23.8 Å². The van der Waals surface area contributed by atoms with Crippen molar-refractivity contribution in [2.75, 3.05) is 27.2 Å². The van der Waals surface area contributed by atoms with Crippen molar-refractivity contribution in [2.24, 2.45) is 0 Å². The van der Waals surface area contributed by atoms with Gasteiger partial charge in [0.25, 0.3) is 0 Å². The van der Waals surface area contributed by atoms with Gasteiger partial charge in [0.15, 0.2) is 5.96 Å². The Morgan fingerprint density at radius 3 is 1.59 bits per heavy atom. The molecule has 0 saturated carbocycles. The first-order valence-corrected chi connectivity index (χ1v) is 4.54. The van der Waals surface area contributed by atoms with Crippen LogP contribution in [0.25, 0.3) is 0 Å². The summed E-state index contributed by atoms with van der Waals surface area (Å²) in [6.07, 6.45) is 0. The number of imide groups is 1. The second-order valence-corrected chi connectivity index (χ2v) is 3.46. The third-order valence-corrected chi connectivity index (χ3v) is 1.99. The first-order valence-electron chi connectivity index (χ1n) is 4.54. The molecule has 2 aliphatic rings. The van der Waals surface area contributed by atoms with Crippen molar-refractivity contribution in [3.05, 3.63) is 0 Å². The fourth-order valence-electron chi connectivity index (χ4n) is 1.10. The van der Waals surface area contributed by atoms with Gasteiger partial charge in [-0.05, 0) is 0 Å². The van der Waals surface area contributed by atoms with E-state index in [0.717, 1.165) is 0 Å². The standard InChI is InChI=1S/C4H7N3O.C4H6N2O2.H2O/c1-7-2-3(8)6-4(7)5;1-6-2-3(7)5-4(6)8;/h2H2,1H3,(H2,5,6,8);2H2,1H3,(H,5,7,8);1H2. The lowest BCUT2D eigenvalue weighted by atomic mass is 10.6. The SMILES string of the molecule is CN1CC(=O)NC1=N.CN1CC(=O)NC1=O.O.